The summed E-state index contributed by atoms with van der Waals surface area (Å²) in [6.45, 7) is 2.00. The van der Waals surface area contributed by atoms with Gasteiger partial charge in [0.15, 0.2) is 5.13 Å². The Bertz CT molecular complexity index is 587. The molecule has 0 unspecified atom stereocenters. The highest BCUT2D eigenvalue weighted by molar-refractivity contribution is 7.15. The Kier molecular flexibility index (Phi) is 3.34. The van der Waals surface area contributed by atoms with Gasteiger partial charge in [-0.15, -0.1) is 11.3 Å². The van der Waals surface area contributed by atoms with Gasteiger partial charge in [0.25, 0.3) is 0 Å². The molecule has 2 aromatic rings. The molecule has 1 aliphatic carbocycles. The summed E-state index contributed by atoms with van der Waals surface area (Å²) in [4.78, 5) is 17.4. The SMILES string of the molecule is Cc1nc(NC(=O)C2CC2)sc1Cc1ccccc1. The van der Waals surface area contributed by atoms with Gasteiger partial charge in [-0.25, -0.2) is 4.98 Å². The van der Waals surface area contributed by atoms with Gasteiger partial charge in [-0.05, 0) is 25.3 Å². The zero-order valence-electron chi connectivity index (χ0n) is 10.8. The third-order valence-electron chi connectivity index (χ3n) is 3.28. The molecule has 1 heterocycles. The normalized spacial score (nSPS) is 14.4. The first kappa shape index (κ1) is 12.4. The van der Waals surface area contributed by atoms with Crippen molar-refractivity contribution in [1.29, 1.82) is 0 Å². The van der Waals surface area contributed by atoms with E-state index in [2.05, 4.69) is 22.4 Å². The molecule has 98 valence electrons. The molecule has 0 aliphatic heterocycles. The van der Waals surface area contributed by atoms with Crippen molar-refractivity contribution in [3.63, 3.8) is 0 Å². The number of anilines is 1. The first-order chi connectivity index (χ1) is 9.22. The van der Waals surface area contributed by atoms with Crippen molar-refractivity contribution in [2.24, 2.45) is 5.92 Å². The Balaban J connectivity index is 1.72. The molecule has 3 nitrogen and oxygen atoms in total. The Morgan fingerprint density at radius 2 is 2.11 bits per heavy atom. The third-order valence-corrected chi connectivity index (χ3v) is 4.35. The van der Waals surface area contributed by atoms with Gasteiger partial charge in [0, 0.05) is 17.2 Å². The number of thiazole rings is 1. The molecule has 1 saturated carbocycles. The lowest BCUT2D eigenvalue weighted by Crippen LogP contribution is -2.12. The smallest absolute Gasteiger partial charge is 0.229 e. The van der Waals surface area contributed by atoms with E-state index in [9.17, 15) is 4.79 Å². The highest BCUT2D eigenvalue weighted by atomic mass is 32.1. The summed E-state index contributed by atoms with van der Waals surface area (Å²) >= 11 is 1.58. The lowest BCUT2D eigenvalue weighted by atomic mass is 10.1. The average Bonchev–Trinajstić information content (AvgIpc) is 3.18. The van der Waals surface area contributed by atoms with Crippen molar-refractivity contribution in [2.75, 3.05) is 5.32 Å². The molecule has 0 bridgehead atoms. The van der Waals surface area contributed by atoms with Crippen molar-refractivity contribution in [3.05, 3.63) is 46.5 Å². The highest BCUT2D eigenvalue weighted by Crippen LogP contribution is 2.31. The summed E-state index contributed by atoms with van der Waals surface area (Å²) in [5, 5.41) is 3.66. The summed E-state index contributed by atoms with van der Waals surface area (Å²) in [6, 6.07) is 10.3. The molecular weight excluding hydrogens is 256 g/mol. The van der Waals surface area contributed by atoms with Crippen LogP contribution in [0.25, 0.3) is 0 Å². The number of benzene rings is 1. The topological polar surface area (TPSA) is 42.0 Å². The Labute approximate surface area is 116 Å². The number of carbonyl (C=O) groups is 1. The van der Waals surface area contributed by atoms with E-state index in [1.807, 2.05) is 25.1 Å². The van der Waals surface area contributed by atoms with E-state index in [0.29, 0.717) is 0 Å². The molecule has 0 saturated heterocycles. The Morgan fingerprint density at radius 3 is 2.79 bits per heavy atom. The van der Waals surface area contributed by atoms with Crippen LogP contribution in [-0.2, 0) is 11.2 Å². The summed E-state index contributed by atoms with van der Waals surface area (Å²) in [6.07, 6.45) is 2.92. The number of amides is 1. The van der Waals surface area contributed by atoms with Crippen molar-refractivity contribution in [1.82, 2.24) is 4.98 Å². The second kappa shape index (κ2) is 5.13. The number of carbonyl (C=O) groups excluding carboxylic acids is 1. The summed E-state index contributed by atoms with van der Waals surface area (Å²) in [7, 11) is 0. The molecule has 1 aliphatic rings. The monoisotopic (exact) mass is 272 g/mol. The van der Waals surface area contributed by atoms with Gasteiger partial charge in [0.1, 0.15) is 0 Å². The number of nitrogens with one attached hydrogen (secondary N) is 1. The minimum atomic E-state index is 0.125. The lowest BCUT2D eigenvalue weighted by Gasteiger charge is -1.98. The fraction of sp³-hybridized carbons (Fsp3) is 0.333. The third kappa shape index (κ3) is 3.01. The average molecular weight is 272 g/mol. The molecular formula is C15H16N2OS. The van der Waals surface area contributed by atoms with Crippen LogP contribution in [-0.4, -0.2) is 10.9 Å². The molecule has 1 aromatic carbocycles. The zero-order valence-corrected chi connectivity index (χ0v) is 11.7. The van der Waals surface area contributed by atoms with E-state index < -0.39 is 0 Å². The molecule has 3 rings (SSSR count). The predicted octanol–water partition coefficient (Wildman–Crippen LogP) is 3.39. The van der Waals surface area contributed by atoms with Gasteiger partial charge in [-0.2, -0.15) is 0 Å². The second-order valence-corrected chi connectivity index (χ2v) is 6.04. The van der Waals surface area contributed by atoms with Crippen LogP contribution in [0.5, 0.6) is 0 Å². The van der Waals surface area contributed by atoms with Gasteiger partial charge in [0.2, 0.25) is 5.91 Å². The van der Waals surface area contributed by atoms with E-state index >= 15 is 0 Å². The van der Waals surface area contributed by atoms with Gasteiger partial charge in [-0.3, -0.25) is 4.79 Å². The molecule has 0 radical (unpaired) electrons. The van der Waals surface area contributed by atoms with Crippen molar-refractivity contribution >= 4 is 22.4 Å². The molecule has 0 atom stereocenters. The molecule has 1 aromatic heterocycles. The number of aryl methyl sites for hydroxylation is 1. The molecule has 0 spiro atoms. The second-order valence-electron chi connectivity index (χ2n) is 4.95. The van der Waals surface area contributed by atoms with Crippen molar-refractivity contribution in [2.45, 2.75) is 26.2 Å². The van der Waals surface area contributed by atoms with Crippen molar-refractivity contribution in [3.8, 4) is 0 Å². The first-order valence-electron chi connectivity index (χ1n) is 6.53. The number of nitrogens with zero attached hydrogens (tertiary/aromatic N) is 1. The maximum Gasteiger partial charge on any atom is 0.229 e. The van der Waals surface area contributed by atoms with Crippen LogP contribution in [0.1, 0.15) is 29.0 Å². The molecule has 1 fully saturated rings. The minimum absolute atomic E-state index is 0.125. The highest BCUT2D eigenvalue weighted by Gasteiger charge is 2.30. The molecule has 1 N–H and O–H groups in total. The number of hydrogen-bond donors (Lipinski definition) is 1. The minimum Gasteiger partial charge on any atom is -0.302 e. The van der Waals surface area contributed by atoms with Gasteiger partial charge >= 0.3 is 0 Å². The van der Waals surface area contributed by atoms with E-state index in [1.54, 1.807) is 11.3 Å². The van der Waals surface area contributed by atoms with Crippen LogP contribution in [0, 0.1) is 12.8 Å². The quantitative estimate of drug-likeness (QED) is 0.927. The predicted molar refractivity (Wildman–Crippen MR) is 77.5 cm³/mol. The van der Waals surface area contributed by atoms with E-state index in [1.165, 1.54) is 10.4 Å². The van der Waals surface area contributed by atoms with E-state index in [0.717, 1.165) is 30.1 Å². The number of aromatic nitrogens is 1. The summed E-state index contributed by atoms with van der Waals surface area (Å²) in [5.41, 5.74) is 2.29. The van der Waals surface area contributed by atoms with Gasteiger partial charge in [-0.1, -0.05) is 30.3 Å². The summed E-state index contributed by atoms with van der Waals surface area (Å²) < 4.78 is 0. The number of rotatable bonds is 4. The van der Waals surface area contributed by atoms with E-state index in [4.69, 9.17) is 0 Å². The first-order valence-corrected chi connectivity index (χ1v) is 7.35. The maximum absolute atomic E-state index is 11.7. The van der Waals surface area contributed by atoms with Gasteiger partial charge in [0.05, 0.1) is 5.69 Å². The fourth-order valence-corrected chi connectivity index (χ4v) is 2.98. The Morgan fingerprint density at radius 1 is 1.37 bits per heavy atom. The van der Waals surface area contributed by atoms with Crippen LogP contribution in [0.3, 0.4) is 0 Å². The Hall–Kier alpha value is -1.68. The molecule has 19 heavy (non-hydrogen) atoms. The van der Waals surface area contributed by atoms with Crippen LogP contribution in [0.15, 0.2) is 30.3 Å². The summed E-state index contributed by atoms with van der Waals surface area (Å²) in [5.74, 6) is 0.349. The molecule has 1 amide bonds. The van der Waals surface area contributed by atoms with Crippen molar-refractivity contribution < 1.29 is 4.79 Å². The fourth-order valence-electron chi connectivity index (χ4n) is 1.98. The number of hydrogen-bond acceptors (Lipinski definition) is 3. The van der Waals surface area contributed by atoms with Crippen LogP contribution in [0.2, 0.25) is 0 Å². The largest absolute Gasteiger partial charge is 0.302 e. The maximum atomic E-state index is 11.7. The standard InChI is InChI=1S/C15H16N2OS/c1-10-13(9-11-5-3-2-4-6-11)19-15(16-10)17-14(18)12-7-8-12/h2-6,12H,7-9H2,1H3,(H,16,17,18). The van der Waals surface area contributed by atoms with E-state index in [-0.39, 0.29) is 11.8 Å². The van der Waals surface area contributed by atoms with Crippen LogP contribution < -0.4 is 5.32 Å². The van der Waals surface area contributed by atoms with Gasteiger partial charge < -0.3 is 5.32 Å². The van der Waals surface area contributed by atoms with Crippen LogP contribution >= 0.6 is 11.3 Å². The zero-order chi connectivity index (χ0) is 13.2. The molecule has 4 heteroatoms. The lowest BCUT2D eigenvalue weighted by molar-refractivity contribution is -0.117. The van der Waals surface area contributed by atoms with Crippen LogP contribution in [0.4, 0.5) is 5.13 Å².